The van der Waals surface area contributed by atoms with Crippen LogP contribution in [0.3, 0.4) is 0 Å². The van der Waals surface area contributed by atoms with E-state index in [1.54, 1.807) is 59.2 Å². The van der Waals surface area contributed by atoms with Crippen molar-refractivity contribution >= 4 is 50.1 Å². The summed E-state index contributed by atoms with van der Waals surface area (Å²) < 4.78 is 44.9. The van der Waals surface area contributed by atoms with Gasteiger partial charge in [0.1, 0.15) is 17.5 Å². The molecule has 53 heavy (non-hydrogen) atoms. The lowest BCUT2D eigenvalue weighted by Gasteiger charge is -2.29. The van der Waals surface area contributed by atoms with Crippen LogP contribution in [0.5, 0.6) is 11.6 Å². The summed E-state index contributed by atoms with van der Waals surface area (Å²) in [5.74, 6) is -3.21. The topological polar surface area (TPSA) is 175 Å². The van der Waals surface area contributed by atoms with E-state index in [1.807, 2.05) is 6.07 Å². The average Bonchev–Trinajstić information content (AvgIpc) is 4.02. The maximum Gasteiger partial charge on any atom is 0.307 e. The van der Waals surface area contributed by atoms with Crippen molar-refractivity contribution < 1.29 is 46.6 Å². The Kier molecular flexibility index (Phi) is 11.5. The number of carbonyl (C=O) groups is 5. The molecule has 1 N–H and O–H groups in total. The van der Waals surface area contributed by atoms with Crippen LogP contribution in [-0.2, 0) is 38.7 Å². The van der Waals surface area contributed by atoms with E-state index < -0.39 is 73.8 Å². The highest BCUT2D eigenvalue weighted by Crippen LogP contribution is 2.57. The molecule has 3 fully saturated rings. The second-order valence-corrected chi connectivity index (χ2v) is 17.4. The molecule has 0 radical (unpaired) electrons. The van der Waals surface area contributed by atoms with Crippen molar-refractivity contribution in [3.63, 3.8) is 0 Å². The van der Waals surface area contributed by atoms with E-state index in [1.165, 1.54) is 11.0 Å². The summed E-state index contributed by atoms with van der Waals surface area (Å²) >= 11 is 0. The number of fused-ring (bicyclic) bond motifs is 1. The van der Waals surface area contributed by atoms with Gasteiger partial charge in [0.05, 0.1) is 36.8 Å². The minimum absolute atomic E-state index is 0.00330. The second-order valence-electron chi connectivity index (χ2n) is 15.4. The van der Waals surface area contributed by atoms with E-state index in [0.717, 1.165) is 5.39 Å². The molecule has 1 aromatic carbocycles. The number of nitrogens with zero attached hydrogens (tertiary/aromatic N) is 2. The molecule has 2 heterocycles. The fourth-order valence-corrected chi connectivity index (χ4v) is 8.28. The van der Waals surface area contributed by atoms with Crippen LogP contribution in [-0.4, -0.2) is 84.3 Å². The molecule has 14 heteroatoms. The summed E-state index contributed by atoms with van der Waals surface area (Å²) in [7, 11) is -2.32. The van der Waals surface area contributed by atoms with Gasteiger partial charge in [-0.05, 0) is 94.5 Å². The number of ketones is 2. The predicted octanol–water partition coefficient (Wildman–Crippen LogP) is 4.63. The van der Waals surface area contributed by atoms with E-state index >= 15 is 0 Å². The highest BCUT2D eigenvalue weighted by molar-refractivity contribution is 7.90. The highest BCUT2D eigenvalue weighted by Gasteiger charge is 2.61. The Bertz CT molecular complexity index is 1930. The number of aromatic nitrogens is 1. The Hall–Kier alpha value is -4.59. The summed E-state index contributed by atoms with van der Waals surface area (Å²) in [6.45, 7) is 14.1. The van der Waals surface area contributed by atoms with Crippen LogP contribution in [0.4, 0.5) is 0 Å². The molecular weight excluding hydrogens is 703 g/mol. The van der Waals surface area contributed by atoms with Gasteiger partial charge in [0.2, 0.25) is 27.7 Å². The number of pyridine rings is 1. The first-order chi connectivity index (χ1) is 24.9. The molecule has 2 aromatic rings. The van der Waals surface area contributed by atoms with Gasteiger partial charge in [-0.3, -0.25) is 28.7 Å². The zero-order chi connectivity index (χ0) is 38.9. The third-order valence-corrected chi connectivity index (χ3v) is 11.9. The van der Waals surface area contributed by atoms with Gasteiger partial charge in [-0.25, -0.2) is 13.4 Å². The van der Waals surface area contributed by atoms with E-state index in [-0.39, 0.29) is 56.7 Å². The number of esters is 1. The number of Topliss-reactive ketones (excluding diaryl/α,β-unsaturated/α-hetero) is 2. The SMILES string of the molecule is C=C[C@@H]1C[C@]1(CC(=O)[C@@H]1C[C@@H](Oc2nccc3cc(OC)ccc23)CN1C(=O)[C@H](CCC(=O)C(=C)C)CC(=O)OC(C)(C)C)C(=O)NS(=O)(=O)C1CC1. The van der Waals surface area contributed by atoms with Crippen LogP contribution in [0.2, 0.25) is 0 Å². The van der Waals surface area contributed by atoms with Gasteiger partial charge in [-0.1, -0.05) is 12.7 Å². The van der Waals surface area contributed by atoms with Crippen molar-refractivity contribution in [2.75, 3.05) is 13.7 Å². The van der Waals surface area contributed by atoms with Crippen LogP contribution in [0.1, 0.15) is 79.1 Å². The van der Waals surface area contributed by atoms with Crippen molar-refractivity contribution in [2.45, 2.75) is 102 Å². The zero-order valence-electron chi connectivity index (χ0n) is 31.0. The lowest BCUT2D eigenvalue weighted by molar-refractivity contribution is -0.159. The van der Waals surface area contributed by atoms with Crippen LogP contribution in [0.25, 0.3) is 10.8 Å². The first-order valence-corrected chi connectivity index (χ1v) is 19.4. The highest BCUT2D eigenvalue weighted by atomic mass is 32.2. The number of amides is 2. The molecule has 3 aliphatic rings. The number of nitrogens with one attached hydrogen (secondary N) is 1. The standard InChI is InChI=1S/C39H49N3O10S/c1-8-26-20-39(26,37(47)41-53(48,49)29-11-12-29)21-33(44)31-19-28(51-35-30-13-10-27(50-7)17-24(30)15-16-40-35)22-42(31)36(46)25(9-14-32(43)23(2)3)18-34(45)52-38(4,5)6/h8,10,13,15-17,25-26,28-29,31H,1-2,9,11-12,14,18-22H2,3-7H3,(H,41,47)/t25-,26-,28-,31+,39-/m1/s1. The molecule has 0 bridgehead atoms. The molecule has 2 aliphatic carbocycles. The molecular formula is C39H49N3O10S. The van der Waals surface area contributed by atoms with Gasteiger partial charge in [-0.2, -0.15) is 0 Å². The number of sulfonamides is 1. The van der Waals surface area contributed by atoms with Gasteiger partial charge in [0.25, 0.3) is 0 Å². The molecule has 1 aliphatic heterocycles. The molecule has 5 atom stereocenters. The van der Waals surface area contributed by atoms with E-state index in [4.69, 9.17) is 14.2 Å². The van der Waals surface area contributed by atoms with Crippen molar-refractivity contribution in [2.24, 2.45) is 17.3 Å². The number of ether oxygens (including phenoxy) is 3. The van der Waals surface area contributed by atoms with Crippen molar-refractivity contribution in [3.05, 3.63) is 55.3 Å². The van der Waals surface area contributed by atoms with Crippen LogP contribution >= 0.6 is 0 Å². The largest absolute Gasteiger partial charge is 0.497 e. The van der Waals surface area contributed by atoms with Crippen LogP contribution in [0, 0.1) is 17.3 Å². The van der Waals surface area contributed by atoms with Gasteiger partial charge >= 0.3 is 5.97 Å². The molecule has 0 unspecified atom stereocenters. The van der Waals surface area contributed by atoms with Crippen LogP contribution < -0.4 is 14.2 Å². The maximum atomic E-state index is 14.5. The third-order valence-electron chi connectivity index (χ3n) is 10.1. The van der Waals surface area contributed by atoms with Gasteiger partial charge in [-0.15, -0.1) is 6.58 Å². The fourth-order valence-electron chi connectivity index (χ4n) is 6.90. The summed E-state index contributed by atoms with van der Waals surface area (Å²) in [5.41, 5.74) is -1.86. The minimum atomic E-state index is -3.88. The number of benzene rings is 1. The number of hydrogen-bond donors (Lipinski definition) is 1. The smallest absolute Gasteiger partial charge is 0.307 e. The zero-order valence-corrected chi connectivity index (χ0v) is 31.8. The quantitative estimate of drug-likeness (QED) is 0.136. The van der Waals surface area contributed by atoms with Gasteiger partial charge in [0, 0.05) is 36.8 Å². The van der Waals surface area contributed by atoms with Crippen molar-refractivity contribution in [3.8, 4) is 11.6 Å². The predicted molar refractivity (Wildman–Crippen MR) is 196 cm³/mol. The van der Waals surface area contributed by atoms with Gasteiger partial charge in [0.15, 0.2) is 11.6 Å². The minimum Gasteiger partial charge on any atom is -0.497 e. The van der Waals surface area contributed by atoms with Crippen LogP contribution in [0.15, 0.2) is 55.3 Å². The molecule has 286 valence electrons. The first kappa shape index (κ1) is 39.6. The molecule has 1 saturated heterocycles. The summed E-state index contributed by atoms with van der Waals surface area (Å²) in [6.07, 6.45) is 2.86. The lowest BCUT2D eigenvalue weighted by Crippen LogP contribution is -2.46. The Morgan fingerprint density at radius 2 is 1.87 bits per heavy atom. The van der Waals surface area contributed by atoms with E-state index in [0.29, 0.717) is 29.6 Å². The fraction of sp³-hybridized carbons (Fsp3) is 0.538. The number of likely N-dealkylation sites (tertiary alicyclic amines) is 1. The van der Waals surface area contributed by atoms with Crippen molar-refractivity contribution in [1.82, 2.24) is 14.6 Å². The first-order valence-electron chi connectivity index (χ1n) is 17.9. The number of allylic oxidation sites excluding steroid dienone is 2. The normalized spacial score (nSPS) is 23.1. The average molecular weight is 752 g/mol. The van der Waals surface area contributed by atoms with E-state index in [9.17, 15) is 32.4 Å². The molecule has 0 spiro atoms. The summed E-state index contributed by atoms with van der Waals surface area (Å²) in [6, 6.07) is 6.10. The van der Waals surface area contributed by atoms with Gasteiger partial charge < -0.3 is 19.1 Å². The number of hydrogen-bond acceptors (Lipinski definition) is 11. The number of methoxy groups -OCH3 is 1. The molecule has 1 aromatic heterocycles. The monoisotopic (exact) mass is 751 g/mol. The Balaban J connectivity index is 1.45. The third kappa shape index (κ3) is 9.32. The Labute approximate surface area is 310 Å². The Morgan fingerprint density at radius 1 is 1.15 bits per heavy atom. The molecule has 13 nitrogen and oxygen atoms in total. The summed E-state index contributed by atoms with van der Waals surface area (Å²) in [4.78, 5) is 73.8. The number of rotatable bonds is 17. The second kappa shape index (κ2) is 15.4. The molecule has 5 rings (SSSR count). The molecule has 2 saturated carbocycles. The Morgan fingerprint density at radius 3 is 2.47 bits per heavy atom. The van der Waals surface area contributed by atoms with E-state index in [2.05, 4.69) is 22.9 Å². The lowest BCUT2D eigenvalue weighted by atomic mass is 9.90. The maximum absolute atomic E-state index is 14.5. The number of carbonyl (C=O) groups excluding carboxylic acids is 5. The van der Waals surface area contributed by atoms with Crippen molar-refractivity contribution in [1.29, 1.82) is 0 Å². The summed E-state index contributed by atoms with van der Waals surface area (Å²) in [5, 5.41) is 0.843. The molecule has 2 amide bonds.